The third kappa shape index (κ3) is 4.06. The summed E-state index contributed by atoms with van der Waals surface area (Å²) < 4.78 is 0. The first kappa shape index (κ1) is 14.1. The molecular formula is C14H20N2O2S. The Bertz CT molecular complexity index is 425. The number of thiophene rings is 1. The van der Waals surface area contributed by atoms with E-state index in [9.17, 15) is 9.59 Å². The summed E-state index contributed by atoms with van der Waals surface area (Å²) in [6.45, 7) is 1.93. The smallest absolute Gasteiger partial charge is 0.239 e. The molecule has 0 spiro atoms. The van der Waals surface area contributed by atoms with Crippen LogP contribution in [0.1, 0.15) is 44.1 Å². The fourth-order valence-electron chi connectivity index (χ4n) is 2.34. The predicted molar refractivity (Wildman–Crippen MR) is 76.1 cm³/mol. The molecule has 0 bridgehead atoms. The standard InChI is InChI=1S/C14H20N2O2S/c1-10(11-6-7-19-9-11)14(18)15-8-13(17)16-12-4-2-3-5-12/h6-7,9-10,12H,2-5,8H2,1H3,(H,15,18)(H,16,17). The highest BCUT2D eigenvalue weighted by molar-refractivity contribution is 7.08. The summed E-state index contributed by atoms with van der Waals surface area (Å²) in [6.07, 6.45) is 4.50. The first-order chi connectivity index (χ1) is 9.16. The lowest BCUT2D eigenvalue weighted by molar-refractivity contribution is -0.127. The molecule has 0 radical (unpaired) electrons. The zero-order chi connectivity index (χ0) is 13.7. The molecular weight excluding hydrogens is 260 g/mol. The average Bonchev–Trinajstić information content (AvgIpc) is 3.07. The van der Waals surface area contributed by atoms with Crippen LogP contribution in [0, 0.1) is 0 Å². The summed E-state index contributed by atoms with van der Waals surface area (Å²) in [5.41, 5.74) is 0.999. The number of hydrogen-bond acceptors (Lipinski definition) is 3. The summed E-state index contributed by atoms with van der Waals surface area (Å²) in [6, 6.07) is 2.24. The summed E-state index contributed by atoms with van der Waals surface area (Å²) in [7, 11) is 0. The molecule has 1 atom stereocenters. The van der Waals surface area contributed by atoms with Gasteiger partial charge in [-0.05, 0) is 42.2 Å². The molecule has 1 unspecified atom stereocenters. The van der Waals surface area contributed by atoms with Crippen molar-refractivity contribution in [3.63, 3.8) is 0 Å². The van der Waals surface area contributed by atoms with Crippen LogP contribution in [0.5, 0.6) is 0 Å². The van der Waals surface area contributed by atoms with Crippen molar-refractivity contribution in [3.8, 4) is 0 Å². The van der Waals surface area contributed by atoms with Crippen molar-refractivity contribution in [3.05, 3.63) is 22.4 Å². The molecule has 1 aliphatic carbocycles. The van der Waals surface area contributed by atoms with Gasteiger partial charge in [-0.25, -0.2) is 0 Å². The fourth-order valence-corrected chi connectivity index (χ4v) is 3.10. The first-order valence-electron chi connectivity index (χ1n) is 6.76. The Morgan fingerprint density at radius 1 is 1.42 bits per heavy atom. The molecule has 1 saturated carbocycles. The lowest BCUT2D eigenvalue weighted by atomic mass is 10.0. The molecule has 0 saturated heterocycles. The van der Waals surface area contributed by atoms with Crippen LogP contribution < -0.4 is 10.6 Å². The van der Waals surface area contributed by atoms with Crippen molar-refractivity contribution in [1.82, 2.24) is 10.6 Å². The van der Waals surface area contributed by atoms with E-state index in [1.807, 2.05) is 23.8 Å². The van der Waals surface area contributed by atoms with Gasteiger partial charge in [0.05, 0.1) is 12.5 Å². The highest BCUT2D eigenvalue weighted by atomic mass is 32.1. The van der Waals surface area contributed by atoms with Crippen LogP contribution in [-0.4, -0.2) is 24.4 Å². The monoisotopic (exact) mass is 280 g/mol. The second kappa shape index (κ2) is 6.70. The maximum absolute atomic E-state index is 11.9. The van der Waals surface area contributed by atoms with Crippen molar-refractivity contribution in [2.75, 3.05) is 6.54 Å². The molecule has 1 aliphatic rings. The molecule has 2 amide bonds. The van der Waals surface area contributed by atoms with Crippen LogP contribution in [0.25, 0.3) is 0 Å². The highest BCUT2D eigenvalue weighted by Crippen LogP contribution is 2.18. The Labute approximate surface area is 117 Å². The van der Waals surface area contributed by atoms with Gasteiger partial charge in [-0.15, -0.1) is 0 Å². The van der Waals surface area contributed by atoms with E-state index in [0.29, 0.717) is 6.04 Å². The fraction of sp³-hybridized carbons (Fsp3) is 0.571. The largest absolute Gasteiger partial charge is 0.352 e. The van der Waals surface area contributed by atoms with Crippen molar-refractivity contribution < 1.29 is 9.59 Å². The molecule has 19 heavy (non-hydrogen) atoms. The number of carbonyl (C=O) groups excluding carboxylic acids is 2. The molecule has 104 valence electrons. The lowest BCUT2D eigenvalue weighted by Gasteiger charge is -2.14. The van der Waals surface area contributed by atoms with Gasteiger partial charge in [0.1, 0.15) is 0 Å². The maximum Gasteiger partial charge on any atom is 0.239 e. The lowest BCUT2D eigenvalue weighted by Crippen LogP contribution is -2.41. The van der Waals surface area contributed by atoms with E-state index in [-0.39, 0.29) is 24.3 Å². The maximum atomic E-state index is 11.9. The van der Waals surface area contributed by atoms with Gasteiger partial charge in [-0.1, -0.05) is 12.8 Å². The van der Waals surface area contributed by atoms with E-state index < -0.39 is 0 Å². The van der Waals surface area contributed by atoms with Crippen LogP contribution in [0.2, 0.25) is 0 Å². The summed E-state index contributed by atoms with van der Waals surface area (Å²) >= 11 is 1.57. The van der Waals surface area contributed by atoms with Gasteiger partial charge in [0.25, 0.3) is 0 Å². The first-order valence-corrected chi connectivity index (χ1v) is 7.70. The number of amides is 2. The third-order valence-electron chi connectivity index (χ3n) is 3.58. The number of carbonyl (C=O) groups is 2. The van der Waals surface area contributed by atoms with Crippen LogP contribution in [0.3, 0.4) is 0 Å². The molecule has 2 rings (SSSR count). The van der Waals surface area contributed by atoms with E-state index in [0.717, 1.165) is 18.4 Å². The second-order valence-corrected chi connectivity index (χ2v) is 5.83. The van der Waals surface area contributed by atoms with Gasteiger partial charge in [-0.3, -0.25) is 9.59 Å². The van der Waals surface area contributed by atoms with Crippen molar-refractivity contribution >= 4 is 23.2 Å². The Kier molecular flexibility index (Phi) is 4.96. The zero-order valence-electron chi connectivity index (χ0n) is 11.1. The summed E-state index contributed by atoms with van der Waals surface area (Å²) in [4.78, 5) is 23.6. The topological polar surface area (TPSA) is 58.2 Å². The Morgan fingerprint density at radius 2 is 2.16 bits per heavy atom. The average molecular weight is 280 g/mol. The molecule has 0 aromatic carbocycles. The minimum atomic E-state index is -0.203. The van der Waals surface area contributed by atoms with Crippen molar-refractivity contribution in [2.24, 2.45) is 0 Å². The highest BCUT2D eigenvalue weighted by Gasteiger charge is 2.19. The van der Waals surface area contributed by atoms with Crippen LogP contribution >= 0.6 is 11.3 Å². The van der Waals surface area contributed by atoms with Gasteiger partial charge in [0, 0.05) is 6.04 Å². The van der Waals surface area contributed by atoms with Crippen molar-refractivity contribution in [1.29, 1.82) is 0 Å². The normalized spacial score (nSPS) is 17.1. The number of rotatable bonds is 5. The van der Waals surface area contributed by atoms with Gasteiger partial charge < -0.3 is 10.6 Å². The predicted octanol–water partition coefficient (Wildman–Crippen LogP) is 2.03. The Hall–Kier alpha value is -1.36. The molecule has 4 nitrogen and oxygen atoms in total. The molecule has 2 N–H and O–H groups in total. The minimum Gasteiger partial charge on any atom is -0.352 e. The van der Waals surface area contributed by atoms with Gasteiger partial charge in [-0.2, -0.15) is 11.3 Å². The molecule has 1 aromatic rings. The second-order valence-electron chi connectivity index (χ2n) is 5.05. The van der Waals surface area contributed by atoms with Gasteiger partial charge >= 0.3 is 0 Å². The van der Waals surface area contributed by atoms with E-state index in [1.165, 1.54) is 12.8 Å². The van der Waals surface area contributed by atoms with Crippen LogP contribution in [0.4, 0.5) is 0 Å². The molecule has 1 fully saturated rings. The number of nitrogens with one attached hydrogen (secondary N) is 2. The Balaban J connectivity index is 1.72. The van der Waals surface area contributed by atoms with E-state index in [4.69, 9.17) is 0 Å². The van der Waals surface area contributed by atoms with E-state index in [2.05, 4.69) is 10.6 Å². The Morgan fingerprint density at radius 3 is 2.79 bits per heavy atom. The van der Waals surface area contributed by atoms with Gasteiger partial charge in [0.15, 0.2) is 0 Å². The van der Waals surface area contributed by atoms with Crippen molar-refractivity contribution in [2.45, 2.75) is 44.6 Å². The van der Waals surface area contributed by atoms with E-state index in [1.54, 1.807) is 11.3 Å². The minimum absolute atomic E-state index is 0.0732. The number of hydrogen-bond donors (Lipinski definition) is 2. The molecule has 1 aromatic heterocycles. The third-order valence-corrected chi connectivity index (χ3v) is 4.28. The van der Waals surface area contributed by atoms with Crippen LogP contribution in [-0.2, 0) is 9.59 Å². The molecule has 5 heteroatoms. The zero-order valence-corrected chi connectivity index (χ0v) is 12.0. The summed E-state index contributed by atoms with van der Waals surface area (Å²) in [5, 5.41) is 9.57. The summed E-state index contributed by atoms with van der Waals surface area (Å²) in [5.74, 6) is -0.386. The van der Waals surface area contributed by atoms with Crippen LogP contribution in [0.15, 0.2) is 16.8 Å². The molecule has 0 aliphatic heterocycles. The SMILES string of the molecule is CC(C(=O)NCC(=O)NC1CCCC1)c1ccsc1. The molecule has 1 heterocycles. The quantitative estimate of drug-likeness (QED) is 0.867. The van der Waals surface area contributed by atoms with E-state index >= 15 is 0 Å². The van der Waals surface area contributed by atoms with Gasteiger partial charge in [0.2, 0.25) is 11.8 Å².